The fraction of sp³-hybridized carbons (Fsp3) is 0.444. The second-order valence-electron chi connectivity index (χ2n) is 3.41. The highest BCUT2D eigenvalue weighted by atomic mass is 16.3. The molecule has 0 saturated heterocycles. The van der Waals surface area contributed by atoms with Crippen LogP contribution in [0.1, 0.15) is 23.3 Å². The van der Waals surface area contributed by atoms with Gasteiger partial charge >= 0.3 is 0 Å². The van der Waals surface area contributed by atoms with Crippen molar-refractivity contribution in [2.45, 2.75) is 19.4 Å². The van der Waals surface area contributed by atoms with Gasteiger partial charge in [0.25, 0.3) is 0 Å². The van der Waals surface area contributed by atoms with E-state index in [0.29, 0.717) is 12.2 Å². The first-order chi connectivity index (χ1) is 7.15. The van der Waals surface area contributed by atoms with Gasteiger partial charge in [-0.25, -0.2) is 0 Å². The van der Waals surface area contributed by atoms with E-state index in [1.807, 2.05) is 6.92 Å². The summed E-state index contributed by atoms with van der Waals surface area (Å²) in [6, 6.07) is 1.79. The first kappa shape index (κ1) is 9.85. The summed E-state index contributed by atoms with van der Waals surface area (Å²) in [5, 5.41) is 21.3. The van der Waals surface area contributed by atoms with Gasteiger partial charge in [-0.1, -0.05) is 0 Å². The van der Waals surface area contributed by atoms with Gasteiger partial charge in [-0.2, -0.15) is 4.80 Å². The molecule has 6 nitrogen and oxygen atoms in total. The van der Waals surface area contributed by atoms with Crippen LogP contribution in [0.4, 0.5) is 0 Å². The van der Waals surface area contributed by atoms with Gasteiger partial charge in [-0.05, 0) is 18.2 Å². The minimum atomic E-state index is -0.647. The Kier molecular flexibility index (Phi) is 2.51. The summed E-state index contributed by atoms with van der Waals surface area (Å²) in [6.07, 6.45) is 1.23. The van der Waals surface area contributed by atoms with Crippen molar-refractivity contribution in [3.63, 3.8) is 0 Å². The largest absolute Gasteiger partial charge is 0.469 e. The molecule has 0 amide bonds. The summed E-state index contributed by atoms with van der Waals surface area (Å²) < 4.78 is 5.11. The molecule has 0 bridgehead atoms. The number of rotatable bonds is 3. The zero-order valence-electron chi connectivity index (χ0n) is 8.58. The van der Waals surface area contributed by atoms with Crippen molar-refractivity contribution in [2.75, 3.05) is 0 Å². The molecular formula is C9H12N4O2. The SMILES string of the molecule is Cc1cc(C(O)Cc2nnn(C)n2)co1. The van der Waals surface area contributed by atoms with E-state index in [2.05, 4.69) is 15.4 Å². The maximum absolute atomic E-state index is 9.82. The molecule has 2 aromatic heterocycles. The van der Waals surface area contributed by atoms with Crippen LogP contribution in [0.5, 0.6) is 0 Å². The molecule has 6 heteroatoms. The molecule has 0 aromatic carbocycles. The zero-order valence-corrected chi connectivity index (χ0v) is 8.58. The Balaban J connectivity index is 2.06. The Bertz CT molecular complexity index is 448. The topological polar surface area (TPSA) is 77.0 Å². The van der Waals surface area contributed by atoms with Crippen LogP contribution in [0.2, 0.25) is 0 Å². The predicted octanol–water partition coefficient (Wildman–Crippen LogP) is 0.388. The average Bonchev–Trinajstić information content (AvgIpc) is 2.75. The molecule has 1 unspecified atom stereocenters. The Labute approximate surface area is 86.5 Å². The number of tetrazole rings is 1. The van der Waals surface area contributed by atoms with Crippen molar-refractivity contribution in [1.29, 1.82) is 0 Å². The van der Waals surface area contributed by atoms with Gasteiger partial charge in [-0.3, -0.25) is 0 Å². The maximum Gasteiger partial charge on any atom is 0.177 e. The third kappa shape index (κ3) is 2.21. The third-order valence-corrected chi connectivity index (χ3v) is 2.06. The van der Waals surface area contributed by atoms with E-state index in [1.165, 1.54) is 11.1 Å². The summed E-state index contributed by atoms with van der Waals surface area (Å²) in [6.45, 7) is 1.83. The van der Waals surface area contributed by atoms with Gasteiger partial charge in [0.1, 0.15) is 5.76 Å². The van der Waals surface area contributed by atoms with Crippen LogP contribution >= 0.6 is 0 Å². The number of aliphatic hydroxyl groups excluding tert-OH is 1. The molecule has 0 saturated carbocycles. The van der Waals surface area contributed by atoms with E-state index >= 15 is 0 Å². The van der Waals surface area contributed by atoms with E-state index in [-0.39, 0.29) is 0 Å². The van der Waals surface area contributed by atoms with E-state index < -0.39 is 6.10 Å². The molecule has 2 heterocycles. The van der Waals surface area contributed by atoms with Crippen molar-refractivity contribution in [1.82, 2.24) is 20.2 Å². The van der Waals surface area contributed by atoms with E-state index in [9.17, 15) is 5.11 Å². The van der Waals surface area contributed by atoms with E-state index in [0.717, 1.165) is 11.3 Å². The van der Waals surface area contributed by atoms with Crippen LogP contribution in [0, 0.1) is 6.92 Å². The number of aryl methyl sites for hydroxylation is 2. The second-order valence-corrected chi connectivity index (χ2v) is 3.41. The molecule has 2 rings (SSSR count). The summed E-state index contributed by atoms with van der Waals surface area (Å²) in [7, 11) is 1.69. The molecule has 15 heavy (non-hydrogen) atoms. The van der Waals surface area contributed by atoms with Gasteiger partial charge in [0.2, 0.25) is 0 Å². The molecule has 0 aliphatic heterocycles. The Morgan fingerprint density at radius 2 is 2.40 bits per heavy atom. The fourth-order valence-electron chi connectivity index (χ4n) is 1.33. The van der Waals surface area contributed by atoms with Crippen LogP contribution in [-0.2, 0) is 13.5 Å². The van der Waals surface area contributed by atoms with Gasteiger partial charge in [0, 0.05) is 12.0 Å². The zero-order chi connectivity index (χ0) is 10.8. The van der Waals surface area contributed by atoms with Crippen LogP contribution in [0.25, 0.3) is 0 Å². The van der Waals surface area contributed by atoms with Crippen molar-refractivity contribution in [2.24, 2.45) is 7.05 Å². The first-order valence-electron chi connectivity index (χ1n) is 4.61. The highest BCUT2D eigenvalue weighted by Gasteiger charge is 2.13. The van der Waals surface area contributed by atoms with Gasteiger partial charge in [0.05, 0.1) is 19.4 Å². The quantitative estimate of drug-likeness (QED) is 0.789. The number of aromatic nitrogens is 4. The molecule has 0 spiro atoms. The Morgan fingerprint density at radius 1 is 1.60 bits per heavy atom. The highest BCUT2D eigenvalue weighted by Crippen LogP contribution is 2.18. The van der Waals surface area contributed by atoms with Gasteiger partial charge in [0.15, 0.2) is 5.82 Å². The van der Waals surface area contributed by atoms with Gasteiger partial charge < -0.3 is 9.52 Å². The number of nitrogens with zero attached hydrogens (tertiary/aromatic N) is 4. The number of furan rings is 1. The fourth-order valence-corrected chi connectivity index (χ4v) is 1.33. The van der Waals surface area contributed by atoms with E-state index in [4.69, 9.17) is 4.42 Å². The lowest BCUT2D eigenvalue weighted by molar-refractivity contribution is 0.175. The molecule has 1 N–H and O–H groups in total. The molecular weight excluding hydrogens is 196 g/mol. The van der Waals surface area contributed by atoms with E-state index in [1.54, 1.807) is 13.1 Å². The minimum absolute atomic E-state index is 0.340. The lowest BCUT2D eigenvalue weighted by Crippen LogP contribution is -2.02. The summed E-state index contributed by atoms with van der Waals surface area (Å²) >= 11 is 0. The molecule has 2 aromatic rings. The van der Waals surface area contributed by atoms with Crippen molar-refractivity contribution in [3.8, 4) is 0 Å². The summed E-state index contributed by atoms with van der Waals surface area (Å²) in [5.74, 6) is 1.29. The lowest BCUT2D eigenvalue weighted by atomic mass is 10.1. The molecule has 0 radical (unpaired) electrons. The normalized spacial score (nSPS) is 13.0. The molecule has 0 aliphatic carbocycles. The molecule has 1 atom stereocenters. The predicted molar refractivity (Wildman–Crippen MR) is 50.9 cm³/mol. The van der Waals surface area contributed by atoms with Crippen molar-refractivity contribution in [3.05, 3.63) is 29.5 Å². The summed E-state index contributed by atoms with van der Waals surface area (Å²) in [4.78, 5) is 1.36. The minimum Gasteiger partial charge on any atom is -0.469 e. The monoisotopic (exact) mass is 208 g/mol. The molecule has 0 fully saturated rings. The Morgan fingerprint density at radius 3 is 2.93 bits per heavy atom. The van der Waals surface area contributed by atoms with Crippen molar-refractivity contribution < 1.29 is 9.52 Å². The smallest absolute Gasteiger partial charge is 0.177 e. The highest BCUT2D eigenvalue weighted by molar-refractivity contribution is 5.15. The van der Waals surface area contributed by atoms with Gasteiger partial charge in [-0.15, -0.1) is 10.2 Å². The maximum atomic E-state index is 9.82. The van der Waals surface area contributed by atoms with Crippen molar-refractivity contribution >= 4 is 0 Å². The van der Waals surface area contributed by atoms with Crippen LogP contribution in [0.3, 0.4) is 0 Å². The molecule has 0 aliphatic rings. The standard InChI is InChI=1S/C9H12N4O2/c1-6-3-7(5-15-6)8(14)4-9-10-12-13(2)11-9/h3,5,8,14H,4H2,1-2H3. The summed E-state index contributed by atoms with van der Waals surface area (Å²) in [5.41, 5.74) is 0.736. The third-order valence-electron chi connectivity index (χ3n) is 2.06. The van der Waals surface area contributed by atoms with Crippen LogP contribution in [0.15, 0.2) is 16.7 Å². The van der Waals surface area contributed by atoms with Crippen LogP contribution in [-0.4, -0.2) is 25.3 Å². The second kappa shape index (κ2) is 3.82. The average molecular weight is 208 g/mol. The molecule has 80 valence electrons. The van der Waals surface area contributed by atoms with Crippen LogP contribution < -0.4 is 0 Å². The number of aliphatic hydroxyl groups is 1. The first-order valence-corrected chi connectivity index (χ1v) is 4.61. The number of hydrogen-bond donors (Lipinski definition) is 1. The Hall–Kier alpha value is -1.69. The lowest BCUT2D eigenvalue weighted by Gasteiger charge is -2.03. The number of hydrogen-bond acceptors (Lipinski definition) is 5.